The van der Waals surface area contributed by atoms with Crippen molar-refractivity contribution in [3.8, 4) is 5.75 Å². The summed E-state index contributed by atoms with van der Waals surface area (Å²) in [4.78, 5) is 12.4. The van der Waals surface area contributed by atoms with Gasteiger partial charge in [0.2, 0.25) is 0 Å². The number of phenols is 1. The first-order valence-corrected chi connectivity index (χ1v) is 7.39. The van der Waals surface area contributed by atoms with Gasteiger partial charge in [-0.3, -0.25) is 0 Å². The second-order valence-corrected chi connectivity index (χ2v) is 5.59. The highest BCUT2D eigenvalue weighted by Gasteiger charge is 2.36. The first kappa shape index (κ1) is 15.4. The Bertz CT molecular complexity index is 566. The molecule has 1 fully saturated rings. The minimum Gasteiger partial charge on any atom is -0.508 e. The van der Waals surface area contributed by atoms with Crippen LogP contribution in [0, 0.1) is 0 Å². The minimum atomic E-state index is -0.410. The Labute approximate surface area is 125 Å². The predicted molar refractivity (Wildman–Crippen MR) is 84.8 cm³/mol. The zero-order chi connectivity index (χ0) is 15.5. The maximum atomic E-state index is 12.4. The first-order chi connectivity index (χ1) is 10.0. The predicted octanol–water partition coefficient (Wildman–Crippen LogP) is 4.31. The van der Waals surface area contributed by atoms with Crippen LogP contribution in [0.1, 0.15) is 50.2 Å². The van der Waals surface area contributed by atoms with E-state index in [1.54, 1.807) is 18.2 Å². The molecule has 3 nitrogen and oxygen atoms in total. The summed E-state index contributed by atoms with van der Waals surface area (Å²) in [5.74, 6) is -0.317. The van der Waals surface area contributed by atoms with Crippen LogP contribution in [0.25, 0.3) is 11.6 Å². The fourth-order valence-corrected chi connectivity index (χ4v) is 2.90. The summed E-state index contributed by atoms with van der Waals surface area (Å²) >= 11 is 0. The molecule has 1 aromatic carbocycles. The number of phenolic OH excluding ortho intramolecular Hbond substituents is 1. The van der Waals surface area contributed by atoms with Crippen molar-refractivity contribution in [3.05, 3.63) is 42.5 Å². The van der Waals surface area contributed by atoms with Gasteiger partial charge in [0, 0.05) is 0 Å². The summed E-state index contributed by atoms with van der Waals surface area (Å²) < 4.78 is 5.75. The summed E-state index contributed by atoms with van der Waals surface area (Å²) in [6, 6.07) is 4.79. The molecule has 0 amide bonds. The molecule has 0 spiro atoms. The fourth-order valence-electron chi connectivity index (χ4n) is 2.90. The third-order valence-corrected chi connectivity index (χ3v) is 4.30. The number of rotatable bonds is 5. The Kier molecular flexibility index (Phi) is 4.51. The second kappa shape index (κ2) is 6.17. The van der Waals surface area contributed by atoms with Crippen molar-refractivity contribution in [2.45, 2.75) is 44.6 Å². The van der Waals surface area contributed by atoms with Crippen LogP contribution in [0.4, 0.5) is 0 Å². The third-order valence-electron chi connectivity index (χ3n) is 4.30. The molecule has 112 valence electrons. The van der Waals surface area contributed by atoms with Crippen molar-refractivity contribution in [1.29, 1.82) is 0 Å². The Morgan fingerprint density at radius 1 is 1.43 bits per heavy atom. The van der Waals surface area contributed by atoms with E-state index in [9.17, 15) is 9.90 Å². The molecular weight excluding hydrogens is 264 g/mol. The molecule has 0 atom stereocenters. The van der Waals surface area contributed by atoms with Gasteiger partial charge in [-0.25, -0.2) is 4.79 Å². The maximum Gasteiger partial charge on any atom is 0.338 e. The molecule has 1 saturated carbocycles. The Morgan fingerprint density at radius 3 is 2.67 bits per heavy atom. The van der Waals surface area contributed by atoms with Crippen molar-refractivity contribution in [3.63, 3.8) is 0 Å². The third kappa shape index (κ3) is 3.18. The lowest BCUT2D eigenvalue weighted by atomic mass is 9.97. The van der Waals surface area contributed by atoms with Gasteiger partial charge in [-0.15, -0.1) is 0 Å². The smallest absolute Gasteiger partial charge is 0.338 e. The molecule has 2 rings (SSSR count). The lowest BCUT2D eigenvalue weighted by Crippen LogP contribution is -2.31. The number of esters is 1. The average molecular weight is 286 g/mol. The van der Waals surface area contributed by atoms with Gasteiger partial charge in [0.05, 0.1) is 5.57 Å². The summed E-state index contributed by atoms with van der Waals surface area (Å²) in [6.45, 7) is 9.62. The van der Waals surface area contributed by atoms with Crippen LogP contribution in [0.2, 0.25) is 0 Å². The van der Waals surface area contributed by atoms with E-state index in [0.717, 1.165) is 37.7 Å². The molecule has 0 aliphatic heterocycles. The van der Waals surface area contributed by atoms with E-state index in [1.807, 2.05) is 6.92 Å². The number of hydrogen-bond donors (Lipinski definition) is 1. The normalized spacial score (nSPS) is 16.4. The second-order valence-electron chi connectivity index (χ2n) is 5.59. The Hall–Kier alpha value is -2.03. The highest BCUT2D eigenvalue weighted by Crippen LogP contribution is 2.37. The highest BCUT2D eigenvalue weighted by atomic mass is 16.6. The summed E-state index contributed by atoms with van der Waals surface area (Å²) in [6.07, 6.45) is 6.47. The fraction of sp³-hybridized carbons (Fsp3) is 0.389. The summed E-state index contributed by atoms with van der Waals surface area (Å²) in [5, 5.41) is 9.62. The van der Waals surface area contributed by atoms with E-state index in [2.05, 4.69) is 13.2 Å². The van der Waals surface area contributed by atoms with E-state index in [1.165, 1.54) is 6.07 Å². The van der Waals surface area contributed by atoms with Gasteiger partial charge in [0.1, 0.15) is 11.4 Å². The zero-order valence-electron chi connectivity index (χ0n) is 12.5. The molecule has 0 radical (unpaired) electrons. The molecule has 1 aromatic rings. The molecule has 0 aromatic heterocycles. The molecule has 0 heterocycles. The monoisotopic (exact) mass is 286 g/mol. The molecular formula is C18H22O3. The number of carbonyl (C=O) groups is 1. The number of ether oxygens (including phenoxy) is 1. The molecule has 21 heavy (non-hydrogen) atoms. The van der Waals surface area contributed by atoms with Crippen molar-refractivity contribution in [1.82, 2.24) is 0 Å². The average Bonchev–Trinajstić information content (AvgIpc) is 2.95. The van der Waals surface area contributed by atoms with Crippen LogP contribution < -0.4 is 0 Å². The molecule has 1 aliphatic carbocycles. The highest BCUT2D eigenvalue weighted by molar-refractivity contribution is 6.16. The summed E-state index contributed by atoms with van der Waals surface area (Å²) in [5.41, 5.74) is 1.25. The van der Waals surface area contributed by atoms with Gasteiger partial charge in [-0.1, -0.05) is 32.2 Å². The van der Waals surface area contributed by atoms with Crippen LogP contribution in [0.15, 0.2) is 31.4 Å². The quantitative estimate of drug-likeness (QED) is 0.648. The zero-order valence-corrected chi connectivity index (χ0v) is 12.5. The molecule has 0 unspecified atom stereocenters. The van der Waals surface area contributed by atoms with Crippen LogP contribution in [0.3, 0.4) is 0 Å². The molecule has 0 bridgehead atoms. The van der Waals surface area contributed by atoms with Crippen LogP contribution in [-0.2, 0) is 9.53 Å². The van der Waals surface area contributed by atoms with Gasteiger partial charge in [-0.05, 0) is 55.4 Å². The van der Waals surface area contributed by atoms with E-state index in [-0.39, 0.29) is 16.9 Å². The SMILES string of the molecule is C=Cc1ccc(O)cc1C(=C)C(=O)OC1(CC)CCCC1. The largest absolute Gasteiger partial charge is 0.508 e. The van der Waals surface area contributed by atoms with Gasteiger partial charge in [-0.2, -0.15) is 0 Å². The van der Waals surface area contributed by atoms with E-state index in [4.69, 9.17) is 4.74 Å². The standard InChI is InChI=1S/C18H22O3/c1-4-14-8-9-15(19)12-16(14)13(3)17(20)21-18(5-2)10-6-7-11-18/h4,8-9,12,19H,1,3,5-7,10-11H2,2H3. The lowest BCUT2D eigenvalue weighted by molar-refractivity contribution is -0.152. The summed E-state index contributed by atoms with van der Waals surface area (Å²) in [7, 11) is 0. The Morgan fingerprint density at radius 2 is 2.10 bits per heavy atom. The van der Waals surface area contributed by atoms with Gasteiger partial charge in [0.25, 0.3) is 0 Å². The topological polar surface area (TPSA) is 46.5 Å². The lowest BCUT2D eigenvalue weighted by Gasteiger charge is -2.28. The molecule has 1 aliphatic rings. The van der Waals surface area contributed by atoms with Gasteiger partial charge >= 0.3 is 5.97 Å². The van der Waals surface area contributed by atoms with Crippen LogP contribution in [0.5, 0.6) is 5.75 Å². The molecule has 0 saturated heterocycles. The number of hydrogen-bond acceptors (Lipinski definition) is 3. The number of benzene rings is 1. The van der Waals surface area contributed by atoms with E-state index >= 15 is 0 Å². The van der Waals surface area contributed by atoms with Crippen molar-refractivity contribution >= 4 is 17.6 Å². The van der Waals surface area contributed by atoms with Crippen LogP contribution in [-0.4, -0.2) is 16.7 Å². The van der Waals surface area contributed by atoms with Crippen molar-refractivity contribution < 1.29 is 14.6 Å². The molecule has 1 N–H and O–H groups in total. The van der Waals surface area contributed by atoms with E-state index in [0.29, 0.717) is 5.56 Å². The van der Waals surface area contributed by atoms with Crippen molar-refractivity contribution in [2.75, 3.05) is 0 Å². The Balaban J connectivity index is 2.21. The van der Waals surface area contributed by atoms with Gasteiger partial charge < -0.3 is 9.84 Å². The number of aromatic hydroxyl groups is 1. The van der Waals surface area contributed by atoms with Crippen LogP contribution >= 0.6 is 0 Å². The minimum absolute atomic E-state index is 0.0932. The number of carbonyl (C=O) groups excluding carboxylic acids is 1. The first-order valence-electron chi connectivity index (χ1n) is 7.39. The molecule has 3 heteroatoms. The van der Waals surface area contributed by atoms with E-state index < -0.39 is 5.97 Å². The van der Waals surface area contributed by atoms with Gasteiger partial charge in [0.15, 0.2) is 0 Å². The maximum absolute atomic E-state index is 12.4. The van der Waals surface area contributed by atoms with Crippen molar-refractivity contribution in [2.24, 2.45) is 0 Å².